The summed E-state index contributed by atoms with van der Waals surface area (Å²) in [5.74, 6) is 0. The zero-order chi connectivity index (χ0) is 12.9. The van der Waals surface area contributed by atoms with E-state index in [0.717, 1.165) is 11.3 Å². The first-order chi connectivity index (χ1) is 8.38. The van der Waals surface area contributed by atoms with Crippen molar-refractivity contribution >= 4 is 0 Å². The van der Waals surface area contributed by atoms with Gasteiger partial charge in [0.1, 0.15) is 0 Å². The molecule has 0 N–H and O–H groups in total. The van der Waals surface area contributed by atoms with Crippen LogP contribution in [0, 0.1) is 0 Å². The molecule has 0 unspecified atom stereocenters. The summed E-state index contributed by atoms with van der Waals surface area (Å²) in [6.45, 7) is 9.25. The topological polar surface area (TPSA) is 12.9 Å². The van der Waals surface area contributed by atoms with E-state index in [0.29, 0.717) is 0 Å². The number of hydrogen-bond donors (Lipinski definition) is 0. The van der Waals surface area contributed by atoms with Gasteiger partial charge in [-0.25, -0.2) is 0 Å². The number of benzene rings is 1. The summed E-state index contributed by atoms with van der Waals surface area (Å²) in [6.07, 6.45) is 3.56. The molecule has 1 heteroatoms. The molecule has 1 nitrogen and oxygen atoms in total. The molecule has 0 aliphatic heterocycles. The van der Waals surface area contributed by atoms with Gasteiger partial charge < -0.3 is 0 Å². The van der Waals surface area contributed by atoms with E-state index < -0.39 is 0 Å². The predicted octanol–water partition coefficient (Wildman–Crippen LogP) is 4.97. The van der Waals surface area contributed by atoms with Crippen molar-refractivity contribution in [1.29, 1.82) is 0 Å². The second-order valence-electron chi connectivity index (χ2n) is 2.99. The minimum absolute atomic E-state index is 1.03. The Bertz CT molecular complexity index is 341. The molecule has 0 atom stereocenters. The number of aromatic nitrogens is 1. The Morgan fingerprint density at radius 3 is 1.94 bits per heavy atom. The molecule has 0 amide bonds. The van der Waals surface area contributed by atoms with Crippen LogP contribution in [0.15, 0.2) is 67.4 Å². The molecule has 0 saturated heterocycles. The van der Waals surface area contributed by atoms with Gasteiger partial charge in [0.05, 0.1) is 5.69 Å². The molecule has 0 bridgehead atoms. The summed E-state index contributed by atoms with van der Waals surface area (Å²) in [5, 5.41) is 0. The fourth-order valence-electron chi connectivity index (χ4n) is 1.14. The van der Waals surface area contributed by atoms with Crippen LogP contribution in [0.2, 0.25) is 0 Å². The van der Waals surface area contributed by atoms with Gasteiger partial charge in [-0.15, -0.1) is 6.58 Å². The molecule has 0 radical (unpaired) electrons. The first-order valence-electron chi connectivity index (χ1n) is 5.92. The Morgan fingerprint density at radius 1 is 0.941 bits per heavy atom. The maximum Gasteiger partial charge on any atom is 0.0701 e. The third-order valence-corrected chi connectivity index (χ3v) is 1.73. The second-order valence-corrected chi connectivity index (χ2v) is 2.99. The van der Waals surface area contributed by atoms with Gasteiger partial charge in [0.25, 0.3) is 0 Å². The van der Waals surface area contributed by atoms with Crippen molar-refractivity contribution < 1.29 is 0 Å². The van der Waals surface area contributed by atoms with Crippen LogP contribution >= 0.6 is 0 Å². The molecule has 0 aliphatic rings. The average Bonchev–Trinajstić information content (AvgIpc) is 2.44. The van der Waals surface area contributed by atoms with Crippen LogP contribution in [-0.4, -0.2) is 4.98 Å². The molecular weight excluding hydrogens is 206 g/mol. The van der Waals surface area contributed by atoms with Crippen LogP contribution in [0.5, 0.6) is 0 Å². The molecule has 2 rings (SSSR count). The van der Waals surface area contributed by atoms with Crippen LogP contribution in [0.4, 0.5) is 0 Å². The summed E-state index contributed by atoms with van der Waals surface area (Å²) in [4.78, 5) is 4.25. The Kier molecular flexibility index (Phi) is 9.44. The molecular formula is C16H21N. The van der Waals surface area contributed by atoms with Crippen LogP contribution in [0.25, 0.3) is 11.3 Å². The molecule has 17 heavy (non-hydrogen) atoms. The summed E-state index contributed by atoms with van der Waals surface area (Å²) < 4.78 is 0. The van der Waals surface area contributed by atoms with Crippen molar-refractivity contribution in [2.24, 2.45) is 0 Å². The lowest BCUT2D eigenvalue weighted by atomic mass is 10.1. The van der Waals surface area contributed by atoms with Crippen molar-refractivity contribution in [2.45, 2.75) is 20.8 Å². The van der Waals surface area contributed by atoms with Gasteiger partial charge in [0.2, 0.25) is 0 Å². The zero-order valence-corrected chi connectivity index (χ0v) is 10.9. The molecule has 0 aliphatic carbocycles. The van der Waals surface area contributed by atoms with E-state index in [2.05, 4.69) is 23.7 Å². The molecule has 1 heterocycles. The Morgan fingerprint density at radius 2 is 1.47 bits per heavy atom. The number of allylic oxidation sites excluding steroid dienone is 1. The van der Waals surface area contributed by atoms with Crippen molar-refractivity contribution in [3.8, 4) is 11.3 Å². The monoisotopic (exact) mass is 227 g/mol. The Hall–Kier alpha value is -1.89. The summed E-state index contributed by atoms with van der Waals surface area (Å²) in [7, 11) is 0. The highest BCUT2D eigenvalue weighted by Gasteiger charge is 1.93. The second kappa shape index (κ2) is 10.6. The highest BCUT2D eigenvalue weighted by Crippen LogP contribution is 2.14. The lowest BCUT2D eigenvalue weighted by Gasteiger charge is -1.97. The molecule has 1 aromatic heterocycles. The summed E-state index contributed by atoms with van der Waals surface area (Å²) >= 11 is 0. The SMILES string of the molecule is C=CC.CC.c1ccc(-c2ccccn2)cc1. The number of rotatable bonds is 1. The largest absolute Gasteiger partial charge is 0.256 e. The van der Waals surface area contributed by atoms with Gasteiger partial charge in [-0.3, -0.25) is 4.98 Å². The smallest absolute Gasteiger partial charge is 0.0701 e. The number of hydrogen-bond acceptors (Lipinski definition) is 1. The third-order valence-electron chi connectivity index (χ3n) is 1.73. The quantitative estimate of drug-likeness (QED) is 0.627. The van der Waals surface area contributed by atoms with E-state index in [-0.39, 0.29) is 0 Å². The lowest BCUT2D eigenvalue weighted by Crippen LogP contribution is -1.79. The van der Waals surface area contributed by atoms with E-state index in [1.807, 2.05) is 63.4 Å². The minimum Gasteiger partial charge on any atom is -0.256 e. The van der Waals surface area contributed by atoms with Crippen molar-refractivity contribution in [2.75, 3.05) is 0 Å². The van der Waals surface area contributed by atoms with Crippen LogP contribution in [0.1, 0.15) is 20.8 Å². The first kappa shape index (κ1) is 15.1. The fraction of sp³-hybridized carbons (Fsp3) is 0.188. The van der Waals surface area contributed by atoms with Gasteiger partial charge in [-0.1, -0.05) is 56.3 Å². The molecule has 0 saturated carbocycles. The van der Waals surface area contributed by atoms with E-state index in [9.17, 15) is 0 Å². The molecule has 1 aromatic carbocycles. The predicted molar refractivity (Wildman–Crippen MR) is 76.9 cm³/mol. The highest BCUT2D eigenvalue weighted by atomic mass is 14.7. The van der Waals surface area contributed by atoms with Gasteiger partial charge in [0, 0.05) is 11.8 Å². The van der Waals surface area contributed by atoms with Crippen LogP contribution in [0.3, 0.4) is 0 Å². The van der Waals surface area contributed by atoms with Crippen molar-refractivity contribution in [3.63, 3.8) is 0 Å². The summed E-state index contributed by atoms with van der Waals surface area (Å²) in [5.41, 5.74) is 2.19. The van der Waals surface area contributed by atoms with Crippen molar-refractivity contribution in [1.82, 2.24) is 4.98 Å². The molecule has 0 fully saturated rings. The molecule has 0 spiro atoms. The summed E-state index contributed by atoms with van der Waals surface area (Å²) in [6, 6.07) is 16.1. The molecule has 90 valence electrons. The van der Waals surface area contributed by atoms with Gasteiger partial charge in [-0.05, 0) is 19.1 Å². The first-order valence-corrected chi connectivity index (χ1v) is 5.92. The Labute approximate surface area is 105 Å². The van der Waals surface area contributed by atoms with Crippen molar-refractivity contribution in [3.05, 3.63) is 67.4 Å². The van der Waals surface area contributed by atoms with Gasteiger partial charge >= 0.3 is 0 Å². The number of pyridine rings is 1. The maximum absolute atomic E-state index is 4.25. The normalized spacial score (nSPS) is 7.94. The fourth-order valence-corrected chi connectivity index (χ4v) is 1.14. The van der Waals surface area contributed by atoms with Crippen LogP contribution < -0.4 is 0 Å². The maximum atomic E-state index is 4.25. The van der Waals surface area contributed by atoms with E-state index in [4.69, 9.17) is 0 Å². The number of nitrogens with zero attached hydrogens (tertiary/aromatic N) is 1. The Balaban J connectivity index is 0.000000450. The zero-order valence-electron chi connectivity index (χ0n) is 10.9. The van der Waals surface area contributed by atoms with E-state index in [1.165, 1.54) is 0 Å². The minimum atomic E-state index is 1.03. The standard InChI is InChI=1S/C11H9N.C3H6.C2H6/c1-2-6-10(7-3-1)11-8-4-5-9-12-11;1-3-2;1-2/h1-9H;3H,1H2,2H3;1-2H3. The van der Waals surface area contributed by atoms with E-state index in [1.54, 1.807) is 6.08 Å². The van der Waals surface area contributed by atoms with E-state index >= 15 is 0 Å². The highest BCUT2D eigenvalue weighted by molar-refractivity contribution is 5.58. The average molecular weight is 227 g/mol. The van der Waals surface area contributed by atoms with Gasteiger partial charge in [-0.2, -0.15) is 0 Å². The van der Waals surface area contributed by atoms with Gasteiger partial charge in [0.15, 0.2) is 0 Å². The lowest BCUT2D eigenvalue weighted by molar-refractivity contribution is 1.33. The molecule has 2 aromatic rings. The van der Waals surface area contributed by atoms with Crippen LogP contribution in [-0.2, 0) is 0 Å². The third kappa shape index (κ3) is 6.31.